The number of ether oxygens (including phenoxy) is 2. The van der Waals surface area contributed by atoms with Crippen LogP contribution in [0.25, 0.3) is 10.8 Å². The Hall–Kier alpha value is -3.21. The maximum absolute atomic E-state index is 13.1. The standard InChI is InChI=1S/C23H25NO4/c1-23(2,3)28-22(26)21(24-16-10-12-17(27-4)13-11-16)20-18-8-6-5-7-15(18)9-14-19(20)25/h5-14,21,24-25H,1-4H3. The van der Waals surface area contributed by atoms with E-state index >= 15 is 0 Å². The fraction of sp³-hybridized carbons (Fsp3) is 0.261. The summed E-state index contributed by atoms with van der Waals surface area (Å²) in [5.74, 6) is 0.290. The second-order valence-electron chi connectivity index (χ2n) is 7.56. The SMILES string of the molecule is COc1ccc(NC(C(=O)OC(C)(C)C)c2c(O)ccc3ccccc23)cc1. The molecule has 28 heavy (non-hydrogen) atoms. The van der Waals surface area contributed by atoms with Crippen LogP contribution in [-0.4, -0.2) is 23.8 Å². The van der Waals surface area contributed by atoms with Crippen molar-refractivity contribution in [3.05, 3.63) is 66.2 Å². The lowest BCUT2D eigenvalue weighted by molar-refractivity contribution is -0.156. The Morgan fingerprint density at radius 1 is 1.00 bits per heavy atom. The van der Waals surface area contributed by atoms with Gasteiger partial charge in [0, 0.05) is 11.3 Å². The van der Waals surface area contributed by atoms with Gasteiger partial charge in [-0.05, 0) is 61.9 Å². The Morgan fingerprint density at radius 2 is 1.68 bits per heavy atom. The highest BCUT2D eigenvalue weighted by atomic mass is 16.6. The third kappa shape index (κ3) is 4.36. The number of hydrogen-bond acceptors (Lipinski definition) is 5. The monoisotopic (exact) mass is 379 g/mol. The zero-order valence-corrected chi connectivity index (χ0v) is 16.5. The van der Waals surface area contributed by atoms with Gasteiger partial charge in [-0.3, -0.25) is 0 Å². The van der Waals surface area contributed by atoms with Crippen LogP contribution in [0.4, 0.5) is 5.69 Å². The number of phenolic OH excluding ortho intramolecular Hbond substituents is 1. The molecule has 0 amide bonds. The van der Waals surface area contributed by atoms with E-state index < -0.39 is 17.6 Å². The lowest BCUT2D eigenvalue weighted by atomic mass is 9.97. The average Bonchev–Trinajstić information content (AvgIpc) is 2.65. The van der Waals surface area contributed by atoms with E-state index in [9.17, 15) is 9.90 Å². The summed E-state index contributed by atoms with van der Waals surface area (Å²) in [4.78, 5) is 13.1. The van der Waals surface area contributed by atoms with Crippen molar-refractivity contribution in [2.24, 2.45) is 0 Å². The van der Waals surface area contributed by atoms with Crippen LogP contribution in [-0.2, 0) is 9.53 Å². The van der Waals surface area contributed by atoms with Gasteiger partial charge in [0.15, 0.2) is 6.04 Å². The van der Waals surface area contributed by atoms with Crippen LogP contribution in [0.3, 0.4) is 0 Å². The molecular weight excluding hydrogens is 354 g/mol. The molecular formula is C23H25NO4. The first kappa shape index (κ1) is 19.5. The van der Waals surface area contributed by atoms with Gasteiger partial charge in [-0.1, -0.05) is 30.3 Å². The molecule has 3 rings (SSSR count). The molecule has 0 aliphatic carbocycles. The number of anilines is 1. The van der Waals surface area contributed by atoms with Crippen LogP contribution in [0, 0.1) is 0 Å². The van der Waals surface area contributed by atoms with Gasteiger partial charge >= 0.3 is 5.97 Å². The second kappa shape index (κ2) is 7.80. The number of fused-ring (bicyclic) bond motifs is 1. The van der Waals surface area contributed by atoms with E-state index in [2.05, 4.69) is 5.32 Å². The van der Waals surface area contributed by atoms with Crippen molar-refractivity contribution in [1.29, 1.82) is 0 Å². The first-order chi connectivity index (χ1) is 13.3. The highest BCUT2D eigenvalue weighted by molar-refractivity contribution is 5.94. The van der Waals surface area contributed by atoms with Crippen molar-refractivity contribution in [2.75, 3.05) is 12.4 Å². The van der Waals surface area contributed by atoms with Crippen molar-refractivity contribution >= 4 is 22.4 Å². The summed E-state index contributed by atoms with van der Waals surface area (Å²) in [5, 5.41) is 15.6. The van der Waals surface area contributed by atoms with E-state index in [1.165, 1.54) is 0 Å². The molecule has 0 radical (unpaired) electrons. The maximum Gasteiger partial charge on any atom is 0.333 e. The van der Waals surface area contributed by atoms with E-state index in [-0.39, 0.29) is 5.75 Å². The number of nitrogens with one attached hydrogen (secondary N) is 1. The number of hydrogen-bond donors (Lipinski definition) is 2. The fourth-order valence-electron chi connectivity index (χ4n) is 3.05. The second-order valence-corrected chi connectivity index (χ2v) is 7.56. The fourth-order valence-corrected chi connectivity index (χ4v) is 3.05. The lowest BCUT2D eigenvalue weighted by Crippen LogP contribution is -2.31. The Labute approximate surface area is 164 Å². The minimum absolute atomic E-state index is 0.0376. The maximum atomic E-state index is 13.1. The topological polar surface area (TPSA) is 67.8 Å². The van der Waals surface area contributed by atoms with Gasteiger partial charge in [0.05, 0.1) is 7.11 Å². The molecule has 0 saturated heterocycles. The summed E-state index contributed by atoms with van der Waals surface area (Å²) in [5.41, 5.74) is 0.545. The lowest BCUT2D eigenvalue weighted by Gasteiger charge is -2.26. The highest BCUT2D eigenvalue weighted by Crippen LogP contribution is 2.36. The number of carbonyl (C=O) groups is 1. The van der Waals surface area contributed by atoms with E-state index in [0.29, 0.717) is 17.0 Å². The summed E-state index contributed by atoms with van der Waals surface area (Å²) in [6.07, 6.45) is 0. The van der Waals surface area contributed by atoms with Crippen LogP contribution in [0.2, 0.25) is 0 Å². The Morgan fingerprint density at radius 3 is 2.32 bits per heavy atom. The Bertz CT molecular complexity index is 974. The molecule has 2 N–H and O–H groups in total. The van der Waals surface area contributed by atoms with Gasteiger partial charge in [-0.15, -0.1) is 0 Å². The molecule has 1 atom stereocenters. The van der Waals surface area contributed by atoms with Crippen LogP contribution in [0.5, 0.6) is 11.5 Å². The molecule has 146 valence electrons. The molecule has 0 aromatic heterocycles. The zero-order valence-electron chi connectivity index (χ0n) is 16.5. The summed E-state index contributed by atoms with van der Waals surface area (Å²) in [6.45, 7) is 5.45. The van der Waals surface area contributed by atoms with Gasteiger partial charge in [-0.2, -0.15) is 0 Å². The minimum atomic E-state index is -0.876. The van der Waals surface area contributed by atoms with Gasteiger partial charge in [-0.25, -0.2) is 4.79 Å². The van der Waals surface area contributed by atoms with Crippen LogP contribution in [0.15, 0.2) is 60.7 Å². The first-order valence-corrected chi connectivity index (χ1v) is 9.12. The van der Waals surface area contributed by atoms with Crippen molar-refractivity contribution < 1.29 is 19.4 Å². The van der Waals surface area contributed by atoms with Crippen molar-refractivity contribution in [2.45, 2.75) is 32.4 Å². The number of esters is 1. The molecule has 1 unspecified atom stereocenters. The minimum Gasteiger partial charge on any atom is -0.508 e. The van der Waals surface area contributed by atoms with E-state index in [1.54, 1.807) is 25.3 Å². The zero-order chi connectivity index (χ0) is 20.3. The Kier molecular flexibility index (Phi) is 5.45. The molecule has 0 fully saturated rings. The van der Waals surface area contributed by atoms with Gasteiger partial charge in [0.1, 0.15) is 17.1 Å². The van der Waals surface area contributed by atoms with Crippen LogP contribution in [0.1, 0.15) is 32.4 Å². The molecule has 3 aromatic carbocycles. The number of rotatable bonds is 5. The molecule has 3 aromatic rings. The number of carbonyl (C=O) groups excluding carboxylic acids is 1. The molecule has 5 heteroatoms. The van der Waals surface area contributed by atoms with Gasteiger partial charge in [0.2, 0.25) is 0 Å². The largest absolute Gasteiger partial charge is 0.508 e. The summed E-state index contributed by atoms with van der Waals surface area (Å²) in [7, 11) is 1.60. The van der Waals surface area contributed by atoms with Crippen molar-refractivity contribution in [1.82, 2.24) is 0 Å². The van der Waals surface area contributed by atoms with Gasteiger partial charge < -0.3 is 19.9 Å². The van der Waals surface area contributed by atoms with E-state index in [4.69, 9.17) is 9.47 Å². The normalized spacial score (nSPS) is 12.4. The van der Waals surface area contributed by atoms with Crippen LogP contribution < -0.4 is 10.1 Å². The molecule has 5 nitrogen and oxygen atoms in total. The quantitative estimate of drug-likeness (QED) is 0.607. The summed E-state index contributed by atoms with van der Waals surface area (Å²) in [6, 6.07) is 17.4. The summed E-state index contributed by atoms with van der Waals surface area (Å²) >= 11 is 0. The highest BCUT2D eigenvalue weighted by Gasteiger charge is 2.30. The predicted octanol–water partition coefficient (Wildman–Crippen LogP) is 5.05. The van der Waals surface area contributed by atoms with E-state index in [1.807, 2.05) is 63.2 Å². The Balaban J connectivity index is 2.08. The molecule has 0 saturated carbocycles. The smallest absolute Gasteiger partial charge is 0.333 e. The van der Waals surface area contributed by atoms with Crippen molar-refractivity contribution in [3.8, 4) is 11.5 Å². The molecule has 0 bridgehead atoms. The number of aromatic hydroxyl groups is 1. The van der Waals surface area contributed by atoms with Gasteiger partial charge in [0.25, 0.3) is 0 Å². The predicted molar refractivity (Wildman–Crippen MR) is 111 cm³/mol. The molecule has 0 spiro atoms. The third-order valence-electron chi connectivity index (χ3n) is 4.28. The molecule has 0 aliphatic rings. The number of benzene rings is 3. The third-order valence-corrected chi connectivity index (χ3v) is 4.28. The molecule has 0 heterocycles. The van der Waals surface area contributed by atoms with Crippen molar-refractivity contribution in [3.63, 3.8) is 0 Å². The van der Waals surface area contributed by atoms with E-state index in [0.717, 1.165) is 10.8 Å². The average molecular weight is 379 g/mol. The summed E-state index contributed by atoms with van der Waals surface area (Å²) < 4.78 is 10.8. The van der Waals surface area contributed by atoms with Crippen LogP contribution >= 0.6 is 0 Å². The number of phenols is 1. The molecule has 0 aliphatic heterocycles. The number of methoxy groups -OCH3 is 1. The first-order valence-electron chi connectivity index (χ1n) is 9.12.